The Morgan fingerprint density at radius 2 is 1.42 bits per heavy atom. The van der Waals surface area contributed by atoms with E-state index >= 15 is 0 Å². The van der Waals surface area contributed by atoms with Gasteiger partial charge in [-0.25, -0.2) is 0 Å². The highest BCUT2D eigenvalue weighted by Crippen LogP contribution is 2.27. The summed E-state index contributed by atoms with van der Waals surface area (Å²) in [5, 5.41) is 21.6. The van der Waals surface area contributed by atoms with Gasteiger partial charge in [-0.15, -0.1) is 0 Å². The zero-order valence-corrected chi connectivity index (χ0v) is 18.7. The first-order chi connectivity index (χ1) is 14.5. The number of anilines is 3. The van der Waals surface area contributed by atoms with E-state index in [0.717, 1.165) is 0 Å². The van der Waals surface area contributed by atoms with Crippen LogP contribution >= 0.6 is 23.5 Å². The smallest absolute Gasteiger partial charge is 0.277 e. The van der Waals surface area contributed by atoms with Crippen LogP contribution in [0.4, 0.5) is 17.5 Å². The van der Waals surface area contributed by atoms with Crippen molar-refractivity contribution in [1.82, 2.24) is 9.97 Å². The zero-order chi connectivity index (χ0) is 26.8. The normalized spacial score (nSPS) is 14.7. The van der Waals surface area contributed by atoms with Crippen LogP contribution in [0.2, 0.25) is 0 Å². The van der Waals surface area contributed by atoms with Gasteiger partial charge >= 0.3 is 0 Å². The number of nitrogens with two attached hydrogens (primary N) is 1. The molecule has 21 nitrogen and oxygen atoms in total. The molecule has 24 heteroatoms. The highest BCUT2D eigenvalue weighted by Gasteiger charge is 2.29. The van der Waals surface area contributed by atoms with E-state index in [4.69, 9.17) is 73.3 Å². The second-order valence-corrected chi connectivity index (χ2v) is 7.99. The quantitative estimate of drug-likeness (QED) is 0.174. The van der Waals surface area contributed by atoms with Gasteiger partial charge in [0.05, 0.1) is 19.4 Å². The van der Waals surface area contributed by atoms with E-state index in [2.05, 4.69) is 15.3 Å². The SMILES string of the molecule is CC(O)COC(O)N1CNc2c1nc(N)[nH]c2=O.O=P([O-])([O-])[O-].O=P([O-])([O-])[O-].O=P([O-])([O-])[O-]. The van der Waals surface area contributed by atoms with Crippen LogP contribution in [0.1, 0.15) is 6.92 Å². The Morgan fingerprint density at radius 3 is 1.79 bits per heavy atom. The minimum absolute atomic E-state index is 0.0360. The lowest BCUT2D eigenvalue weighted by Gasteiger charge is -2.36. The standard InChI is InChI=1S/C9H15N5O4.3H3O4P/c1-4(15)2-18-9(17)14-3-11-5-6(14)12-8(10)13-7(5)16;3*1-5(2,3)4/h4,9,11,15,17H,2-3H2,1H3,(H3,10,12,13,16);3*(H3,1,2,3,4)/p-9. The number of hydrogen-bond acceptors (Lipinski definition) is 20. The van der Waals surface area contributed by atoms with Crippen LogP contribution in [0, 0.1) is 0 Å². The highest BCUT2D eigenvalue weighted by molar-refractivity contribution is 7.40. The van der Waals surface area contributed by atoms with Gasteiger partial charge in [0.1, 0.15) is 5.69 Å². The molecule has 0 aromatic carbocycles. The molecule has 33 heavy (non-hydrogen) atoms. The number of nitrogens with zero attached hydrogens (tertiary/aromatic N) is 2. The number of aromatic nitrogens is 2. The fourth-order valence-electron chi connectivity index (χ4n) is 1.58. The van der Waals surface area contributed by atoms with Gasteiger partial charge in [0, 0.05) is 0 Å². The van der Waals surface area contributed by atoms with Crippen molar-refractivity contribution in [2.75, 3.05) is 29.2 Å². The number of ether oxygens (including phenoxy) is 1. The molecule has 0 fully saturated rings. The fraction of sp³-hybridized carbons (Fsp3) is 0.556. The van der Waals surface area contributed by atoms with E-state index in [-0.39, 0.29) is 30.7 Å². The summed E-state index contributed by atoms with van der Waals surface area (Å²) in [6.07, 6.45) is -2.02. The van der Waals surface area contributed by atoms with Gasteiger partial charge in [-0.05, 0) is 6.92 Å². The van der Waals surface area contributed by atoms with E-state index in [0.29, 0.717) is 0 Å². The van der Waals surface area contributed by atoms with Gasteiger partial charge in [0.25, 0.3) is 5.56 Å². The van der Waals surface area contributed by atoms with Crippen LogP contribution < -0.4 is 65.6 Å². The number of rotatable bonds is 4. The summed E-state index contributed by atoms with van der Waals surface area (Å²) in [6.45, 7) is 1.66. The van der Waals surface area contributed by atoms with Crippen molar-refractivity contribution in [2.45, 2.75) is 19.4 Å². The number of aromatic amines is 1. The summed E-state index contributed by atoms with van der Waals surface area (Å²) in [5.41, 5.74) is 5.24. The Labute approximate surface area is 183 Å². The van der Waals surface area contributed by atoms with Gasteiger partial charge in [-0.2, -0.15) is 28.5 Å². The highest BCUT2D eigenvalue weighted by atomic mass is 31.2. The Bertz CT molecular complexity index is 850. The third kappa shape index (κ3) is 23.4. The Morgan fingerprint density at radius 1 is 1.03 bits per heavy atom. The molecule has 6 N–H and O–H groups in total. The molecule has 2 rings (SSSR count). The van der Waals surface area contributed by atoms with E-state index in [1.54, 1.807) is 0 Å². The molecule has 2 heterocycles. The van der Waals surface area contributed by atoms with E-state index in [9.17, 15) is 9.90 Å². The molecule has 0 radical (unpaired) electrons. The minimum Gasteiger partial charge on any atom is -0.822 e. The number of aliphatic hydroxyl groups excluding tert-OH is 2. The second-order valence-electron chi connectivity index (χ2n) is 5.30. The molecule has 0 saturated heterocycles. The van der Waals surface area contributed by atoms with Crippen LogP contribution in [-0.2, 0) is 18.4 Å². The predicted octanol–water partition coefficient (Wildman–Crippen LogP) is -10.3. The first-order valence-electron chi connectivity index (χ1n) is 7.56. The maximum atomic E-state index is 11.5. The summed E-state index contributed by atoms with van der Waals surface area (Å²) in [5.74, 6) is 0.171. The van der Waals surface area contributed by atoms with Crippen molar-refractivity contribution in [2.24, 2.45) is 0 Å². The molecular weight excluding hydrogens is 527 g/mol. The molecule has 2 unspecified atom stereocenters. The Balaban J connectivity index is 0. The maximum absolute atomic E-state index is 11.5. The van der Waals surface area contributed by atoms with E-state index in [1.807, 2.05) is 0 Å². The Kier molecular flexibility index (Phi) is 14.3. The van der Waals surface area contributed by atoms with Crippen LogP contribution in [0.15, 0.2) is 4.79 Å². The number of fused-ring (bicyclic) bond motifs is 1. The lowest BCUT2D eigenvalue weighted by Crippen LogP contribution is -2.38. The minimum atomic E-state index is -5.39. The summed E-state index contributed by atoms with van der Waals surface area (Å²) in [7, 11) is -16.2. The van der Waals surface area contributed by atoms with Crippen LogP contribution in [0.3, 0.4) is 0 Å². The van der Waals surface area contributed by atoms with Crippen molar-refractivity contribution < 1.29 is 72.7 Å². The number of H-pyrrole nitrogens is 1. The van der Waals surface area contributed by atoms with Gasteiger partial charge < -0.3 is 83.7 Å². The molecule has 0 saturated carbocycles. The van der Waals surface area contributed by atoms with Gasteiger partial charge in [-0.1, -0.05) is 0 Å². The van der Waals surface area contributed by atoms with Crippen LogP contribution in [0.5, 0.6) is 0 Å². The lowest BCUT2D eigenvalue weighted by atomic mass is 10.4. The molecule has 0 spiro atoms. The molecule has 0 aliphatic carbocycles. The van der Waals surface area contributed by atoms with Crippen molar-refractivity contribution in [3.05, 3.63) is 10.4 Å². The van der Waals surface area contributed by atoms with Gasteiger partial charge in [-0.3, -0.25) is 14.7 Å². The topological polar surface area (TPSA) is 395 Å². The molecule has 1 aliphatic heterocycles. The molecule has 1 aromatic heterocycles. The number of nitrogens with one attached hydrogen (secondary N) is 2. The van der Waals surface area contributed by atoms with Gasteiger partial charge in [0.2, 0.25) is 12.4 Å². The third-order valence-corrected chi connectivity index (χ3v) is 2.37. The van der Waals surface area contributed by atoms with Crippen LogP contribution in [-0.4, -0.2) is 46.0 Å². The molecule has 2 atom stereocenters. The monoisotopic (exact) mass is 542 g/mol. The van der Waals surface area contributed by atoms with E-state index in [1.165, 1.54) is 11.8 Å². The summed E-state index contributed by atoms with van der Waals surface area (Å²) >= 11 is 0. The number of hydrogen-bond donors (Lipinski definition) is 5. The van der Waals surface area contributed by atoms with Crippen molar-refractivity contribution in [1.29, 1.82) is 0 Å². The molecule has 1 aromatic rings. The summed E-state index contributed by atoms with van der Waals surface area (Å²) in [6, 6.07) is 0. The molecular formula is C9H15N5O16P3-9. The lowest BCUT2D eigenvalue weighted by molar-refractivity contribution is -0.434. The average Bonchev–Trinajstić information content (AvgIpc) is 2.91. The molecule has 0 amide bonds. The third-order valence-electron chi connectivity index (χ3n) is 2.37. The largest absolute Gasteiger partial charge is 0.822 e. The van der Waals surface area contributed by atoms with Crippen molar-refractivity contribution in [3.8, 4) is 0 Å². The summed E-state index contributed by atoms with van der Waals surface area (Å²) in [4.78, 5) is 96.1. The maximum Gasteiger partial charge on any atom is 0.277 e. The van der Waals surface area contributed by atoms with Gasteiger partial charge in [0.15, 0.2) is 5.82 Å². The first-order valence-corrected chi connectivity index (χ1v) is 11.9. The van der Waals surface area contributed by atoms with Crippen molar-refractivity contribution in [3.63, 3.8) is 0 Å². The first kappa shape index (κ1) is 33.7. The van der Waals surface area contributed by atoms with Crippen molar-refractivity contribution >= 4 is 40.9 Å². The predicted molar refractivity (Wildman–Crippen MR) is 86.7 cm³/mol. The molecule has 196 valence electrons. The number of phosphoric acid groups is 3. The zero-order valence-electron chi connectivity index (χ0n) is 16.0. The van der Waals surface area contributed by atoms with E-state index < -0.39 is 41.5 Å². The average molecular weight is 542 g/mol. The van der Waals surface area contributed by atoms with Crippen LogP contribution in [0.25, 0.3) is 0 Å². The number of nitrogen functional groups attached to an aromatic ring is 1. The Hall–Kier alpha value is -1.51. The molecule has 1 aliphatic rings. The summed E-state index contributed by atoms with van der Waals surface area (Å²) < 4.78 is 30.7. The second kappa shape index (κ2) is 14.0. The number of aliphatic hydroxyl groups is 2. The fourth-order valence-corrected chi connectivity index (χ4v) is 1.58. The molecule has 0 bridgehead atoms.